The molecule has 0 radical (unpaired) electrons. The standard InChI is InChI=1S/C39H27NS/c1-26-12-2-8-21-34(26)40(36-22-11-20-33-31-18-7-9-23-37(31)41-39(33)36)35-25-24-28-14-4-6-17-30(28)38(35)32-19-10-15-27-13-3-5-16-29(27)32/h2-25H,1H3. The number of thiophene rings is 1. The number of hydrogen-bond acceptors (Lipinski definition) is 2. The van der Waals surface area contributed by atoms with Crippen LogP contribution in [0.3, 0.4) is 0 Å². The van der Waals surface area contributed by atoms with E-state index < -0.39 is 0 Å². The van der Waals surface area contributed by atoms with Gasteiger partial charge in [-0.1, -0.05) is 121 Å². The van der Waals surface area contributed by atoms with Gasteiger partial charge >= 0.3 is 0 Å². The number of anilines is 3. The maximum atomic E-state index is 2.50. The number of rotatable bonds is 4. The fraction of sp³-hybridized carbons (Fsp3) is 0.0256. The maximum absolute atomic E-state index is 2.50. The lowest BCUT2D eigenvalue weighted by molar-refractivity contribution is 1.27. The SMILES string of the molecule is Cc1ccccc1N(c1ccc2ccccc2c1-c1cccc2ccccc12)c1cccc2c1sc1ccccc12. The molecule has 0 atom stereocenters. The Morgan fingerprint density at radius 3 is 1.90 bits per heavy atom. The van der Waals surface area contributed by atoms with Gasteiger partial charge in [-0.05, 0) is 63.9 Å². The molecular weight excluding hydrogens is 515 g/mol. The van der Waals surface area contributed by atoms with Gasteiger partial charge in [0.15, 0.2) is 0 Å². The maximum Gasteiger partial charge on any atom is 0.0640 e. The van der Waals surface area contributed by atoms with Crippen molar-refractivity contribution in [2.24, 2.45) is 0 Å². The van der Waals surface area contributed by atoms with Gasteiger partial charge in [0.05, 0.1) is 16.1 Å². The number of nitrogens with zero attached hydrogens (tertiary/aromatic N) is 1. The number of hydrogen-bond donors (Lipinski definition) is 0. The van der Waals surface area contributed by atoms with Crippen LogP contribution in [0.1, 0.15) is 5.56 Å². The molecule has 7 aromatic carbocycles. The molecule has 1 aromatic heterocycles. The fourth-order valence-electron chi connectivity index (χ4n) is 6.28. The van der Waals surface area contributed by atoms with Crippen LogP contribution < -0.4 is 4.90 Å². The highest BCUT2D eigenvalue weighted by molar-refractivity contribution is 7.26. The minimum absolute atomic E-state index is 1.18. The second-order valence-corrected chi connectivity index (χ2v) is 11.6. The average Bonchev–Trinajstić information content (AvgIpc) is 3.41. The summed E-state index contributed by atoms with van der Waals surface area (Å²) in [5, 5.41) is 7.61. The third-order valence-corrected chi connectivity index (χ3v) is 9.40. The zero-order valence-electron chi connectivity index (χ0n) is 22.7. The van der Waals surface area contributed by atoms with Gasteiger partial charge in [0.1, 0.15) is 0 Å². The summed E-state index contributed by atoms with van der Waals surface area (Å²) in [6.07, 6.45) is 0. The Labute approximate surface area is 243 Å². The molecule has 1 nitrogen and oxygen atoms in total. The van der Waals surface area contributed by atoms with E-state index in [0.717, 1.165) is 0 Å². The molecular formula is C39H27NS. The molecule has 0 N–H and O–H groups in total. The number of fused-ring (bicyclic) bond motifs is 5. The lowest BCUT2D eigenvalue weighted by atomic mass is 9.91. The zero-order chi connectivity index (χ0) is 27.3. The monoisotopic (exact) mass is 541 g/mol. The van der Waals surface area contributed by atoms with Crippen molar-refractivity contribution >= 4 is 70.1 Å². The van der Waals surface area contributed by atoms with E-state index in [-0.39, 0.29) is 0 Å². The molecule has 0 spiro atoms. The molecule has 0 aliphatic heterocycles. The van der Waals surface area contributed by atoms with Crippen LogP contribution in [0.25, 0.3) is 52.8 Å². The molecule has 0 aliphatic rings. The second-order valence-electron chi connectivity index (χ2n) is 10.6. The largest absolute Gasteiger partial charge is 0.308 e. The first-order valence-corrected chi connectivity index (χ1v) is 14.9. The molecule has 0 fully saturated rings. The summed E-state index contributed by atoms with van der Waals surface area (Å²) < 4.78 is 2.61. The second kappa shape index (κ2) is 9.62. The van der Waals surface area contributed by atoms with Crippen molar-refractivity contribution in [2.75, 3.05) is 4.90 Å². The molecule has 0 saturated carbocycles. The predicted octanol–water partition coefficient (Wildman–Crippen LogP) is 11.8. The van der Waals surface area contributed by atoms with E-state index in [4.69, 9.17) is 0 Å². The van der Waals surface area contributed by atoms with Crippen molar-refractivity contribution in [2.45, 2.75) is 6.92 Å². The predicted molar refractivity (Wildman–Crippen MR) is 179 cm³/mol. The highest BCUT2D eigenvalue weighted by Crippen LogP contribution is 2.50. The summed E-state index contributed by atoms with van der Waals surface area (Å²) in [5.74, 6) is 0. The van der Waals surface area contributed by atoms with E-state index in [1.165, 1.54) is 75.5 Å². The van der Waals surface area contributed by atoms with Crippen LogP contribution in [-0.4, -0.2) is 0 Å². The Bertz CT molecular complexity index is 2230. The average molecular weight is 542 g/mol. The van der Waals surface area contributed by atoms with Crippen LogP contribution >= 0.6 is 11.3 Å². The van der Waals surface area contributed by atoms with Gasteiger partial charge in [0.2, 0.25) is 0 Å². The molecule has 0 unspecified atom stereocenters. The highest BCUT2D eigenvalue weighted by Gasteiger charge is 2.24. The van der Waals surface area contributed by atoms with Gasteiger partial charge in [-0.3, -0.25) is 0 Å². The summed E-state index contributed by atoms with van der Waals surface area (Å²) in [6.45, 7) is 2.21. The number of para-hydroxylation sites is 1. The summed E-state index contributed by atoms with van der Waals surface area (Å²) in [4.78, 5) is 2.50. The molecule has 0 aliphatic carbocycles. The van der Waals surface area contributed by atoms with Gasteiger partial charge in [0, 0.05) is 26.7 Å². The quantitative estimate of drug-likeness (QED) is 0.214. The summed E-state index contributed by atoms with van der Waals surface area (Å²) >= 11 is 1.88. The van der Waals surface area contributed by atoms with E-state index in [9.17, 15) is 0 Å². The van der Waals surface area contributed by atoms with E-state index in [1.807, 2.05) is 11.3 Å². The normalized spacial score (nSPS) is 11.5. The minimum Gasteiger partial charge on any atom is -0.308 e. The van der Waals surface area contributed by atoms with Crippen molar-refractivity contribution in [3.05, 3.63) is 151 Å². The molecule has 0 saturated heterocycles. The molecule has 194 valence electrons. The number of benzene rings is 7. The minimum atomic E-state index is 1.18. The van der Waals surface area contributed by atoms with E-state index >= 15 is 0 Å². The summed E-state index contributed by atoms with van der Waals surface area (Å²) in [7, 11) is 0. The van der Waals surface area contributed by atoms with Crippen LogP contribution in [0.15, 0.2) is 146 Å². The Hall–Kier alpha value is -4.92. The van der Waals surface area contributed by atoms with Crippen molar-refractivity contribution in [3.63, 3.8) is 0 Å². The Kier molecular flexibility index (Phi) is 5.61. The first-order valence-electron chi connectivity index (χ1n) is 14.0. The molecule has 1 heterocycles. The third-order valence-electron chi connectivity index (χ3n) is 8.19. The number of aryl methyl sites for hydroxylation is 1. The van der Waals surface area contributed by atoms with Gasteiger partial charge in [-0.15, -0.1) is 11.3 Å². The molecule has 41 heavy (non-hydrogen) atoms. The summed E-state index contributed by atoms with van der Waals surface area (Å²) in [5.41, 5.74) is 7.31. The smallest absolute Gasteiger partial charge is 0.0640 e. The van der Waals surface area contributed by atoms with E-state index in [2.05, 4.69) is 157 Å². The molecule has 8 aromatic rings. The zero-order valence-corrected chi connectivity index (χ0v) is 23.5. The summed E-state index contributed by atoms with van der Waals surface area (Å²) in [6, 6.07) is 53.0. The Morgan fingerprint density at radius 2 is 1.05 bits per heavy atom. The van der Waals surface area contributed by atoms with Gasteiger partial charge in [-0.25, -0.2) is 0 Å². The van der Waals surface area contributed by atoms with Gasteiger partial charge < -0.3 is 4.90 Å². The Balaban J connectivity index is 1.53. The van der Waals surface area contributed by atoms with Crippen LogP contribution in [0, 0.1) is 6.92 Å². The molecule has 8 rings (SSSR count). The fourth-order valence-corrected chi connectivity index (χ4v) is 7.49. The first-order chi connectivity index (χ1) is 20.3. The third kappa shape index (κ3) is 3.83. The van der Waals surface area contributed by atoms with Gasteiger partial charge in [0.25, 0.3) is 0 Å². The highest BCUT2D eigenvalue weighted by atomic mass is 32.1. The van der Waals surface area contributed by atoms with Crippen LogP contribution in [0.2, 0.25) is 0 Å². The van der Waals surface area contributed by atoms with E-state index in [1.54, 1.807) is 0 Å². The Morgan fingerprint density at radius 1 is 0.439 bits per heavy atom. The van der Waals surface area contributed by atoms with Crippen molar-refractivity contribution in [1.29, 1.82) is 0 Å². The van der Waals surface area contributed by atoms with Crippen molar-refractivity contribution in [1.82, 2.24) is 0 Å². The van der Waals surface area contributed by atoms with Crippen LogP contribution in [0.5, 0.6) is 0 Å². The first kappa shape index (κ1) is 23.9. The lowest BCUT2D eigenvalue weighted by Gasteiger charge is -2.30. The molecule has 2 heteroatoms. The van der Waals surface area contributed by atoms with E-state index in [0.29, 0.717) is 0 Å². The molecule has 0 amide bonds. The van der Waals surface area contributed by atoms with Crippen LogP contribution in [-0.2, 0) is 0 Å². The topological polar surface area (TPSA) is 3.24 Å². The van der Waals surface area contributed by atoms with Crippen molar-refractivity contribution < 1.29 is 0 Å². The van der Waals surface area contributed by atoms with Gasteiger partial charge in [-0.2, -0.15) is 0 Å². The van der Waals surface area contributed by atoms with Crippen molar-refractivity contribution in [3.8, 4) is 11.1 Å². The lowest BCUT2D eigenvalue weighted by Crippen LogP contribution is -2.13. The molecule has 0 bridgehead atoms. The van der Waals surface area contributed by atoms with Crippen LogP contribution in [0.4, 0.5) is 17.1 Å².